The molecule has 0 saturated carbocycles. The second-order valence-corrected chi connectivity index (χ2v) is 4.23. The lowest BCUT2D eigenvalue weighted by Gasteiger charge is -2.16. The average molecular weight is 302 g/mol. The molecular formula is C10H18N6O5. The Kier molecular flexibility index (Phi) is 5.60. The lowest BCUT2D eigenvalue weighted by Crippen LogP contribution is -2.36. The van der Waals surface area contributed by atoms with Gasteiger partial charge in [-0.25, -0.2) is 4.79 Å². The number of aromatic nitrogens is 2. The van der Waals surface area contributed by atoms with Gasteiger partial charge < -0.3 is 37.3 Å². The van der Waals surface area contributed by atoms with Gasteiger partial charge in [-0.3, -0.25) is 9.98 Å². The van der Waals surface area contributed by atoms with Crippen molar-refractivity contribution >= 4 is 11.8 Å². The van der Waals surface area contributed by atoms with Gasteiger partial charge in [0.1, 0.15) is 24.1 Å². The summed E-state index contributed by atoms with van der Waals surface area (Å²) in [5.74, 6) is -0.280. The van der Waals surface area contributed by atoms with Crippen molar-refractivity contribution in [2.24, 2.45) is 11.5 Å². The minimum atomic E-state index is -1.31. The monoisotopic (exact) mass is 302 g/mol. The number of hydrogen-bond acceptors (Lipinski definition) is 8. The molecule has 1 fully saturated rings. The van der Waals surface area contributed by atoms with Crippen LogP contribution in [0.25, 0.3) is 0 Å². The average Bonchev–Trinajstić information content (AvgIpc) is 2.66. The highest BCUT2D eigenvalue weighted by molar-refractivity contribution is 5.71. The molecule has 21 heavy (non-hydrogen) atoms. The van der Waals surface area contributed by atoms with Gasteiger partial charge in [0.05, 0.1) is 6.61 Å². The Morgan fingerprint density at radius 2 is 2.00 bits per heavy atom. The van der Waals surface area contributed by atoms with Crippen LogP contribution in [0.2, 0.25) is 0 Å². The fourth-order valence-electron chi connectivity index (χ4n) is 1.73. The first-order chi connectivity index (χ1) is 9.77. The van der Waals surface area contributed by atoms with Crippen molar-refractivity contribution in [2.45, 2.75) is 24.5 Å². The SMILES string of the molecule is N=C(N)N.Nc1ccn([C@@H]2O[C@H](CO)[C@@H](O)[C@H]2O)c(=O)n1. The van der Waals surface area contributed by atoms with Crippen molar-refractivity contribution in [3.63, 3.8) is 0 Å². The Morgan fingerprint density at radius 3 is 2.43 bits per heavy atom. The Bertz CT molecular complexity index is 545. The quantitative estimate of drug-likeness (QED) is 0.211. The van der Waals surface area contributed by atoms with Crippen molar-refractivity contribution in [1.29, 1.82) is 5.41 Å². The van der Waals surface area contributed by atoms with Crippen LogP contribution in [0.15, 0.2) is 17.1 Å². The highest BCUT2D eigenvalue weighted by atomic mass is 16.6. The Labute approximate surface area is 119 Å². The molecule has 0 aliphatic carbocycles. The van der Waals surface area contributed by atoms with Crippen LogP contribution in [0.5, 0.6) is 0 Å². The topological polar surface area (TPSA) is 207 Å². The van der Waals surface area contributed by atoms with E-state index in [1.807, 2.05) is 0 Å². The molecule has 1 aromatic rings. The first-order valence-electron chi connectivity index (χ1n) is 5.84. The molecule has 2 heterocycles. The number of nitrogen functional groups attached to an aromatic ring is 1. The summed E-state index contributed by atoms with van der Waals surface area (Å²) in [7, 11) is 0. The maximum Gasteiger partial charge on any atom is 0.351 e. The van der Waals surface area contributed by atoms with Crippen LogP contribution in [0.1, 0.15) is 6.23 Å². The summed E-state index contributed by atoms with van der Waals surface area (Å²) in [4.78, 5) is 15.0. The highest BCUT2D eigenvalue weighted by Gasteiger charge is 2.43. The number of anilines is 1. The van der Waals surface area contributed by atoms with E-state index >= 15 is 0 Å². The van der Waals surface area contributed by atoms with E-state index < -0.39 is 36.8 Å². The van der Waals surface area contributed by atoms with Crippen LogP contribution < -0.4 is 22.9 Å². The number of nitrogens with zero attached hydrogens (tertiary/aromatic N) is 2. The first kappa shape index (κ1) is 16.8. The van der Waals surface area contributed by atoms with Crippen molar-refractivity contribution in [1.82, 2.24) is 9.55 Å². The van der Waals surface area contributed by atoms with Gasteiger partial charge in [-0.15, -0.1) is 0 Å². The van der Waals surface area contributed by atoms with Gasteiger partial charge in [-0.05, 0) is 6.07 Å². The van der Waals surface area contributed by atoms with Crippen molar-refractivity contribution in [2.75, 3.05) is 12.3 Å². The van der Waals surface area contributed by atoms with Gasteiger partial charge in [0.15, 0.2) is 12.2 Å². The maximum atomic E-state index is 11.5. The molecule has 4 atom stereocenters. The molecule has 1 saturated heterocycles. The summed E-state index contributed by atoms with van der Waals surface area (Å²) in [5.41, 5.74) is 13.6. The van der Waals surface area contributed by atoms with Crippen LogP contribution >= 0.6 is 0 Å². The van der Waals surface area contributed by atoms with E-state index in [0.29, 0.717) is 0 Å². The lowest BCUT2D eigenvalue weighted by molar-refractivity contribution is -0.0549. The Morgan fingerprint density at radius 1 is 1.43 bits per heavy atom. The van der Waals surface area contributed by atoms with Crippen molar-refractivity contribution in [3.8, 4) is 0 Å². The number of guanidine groups is 1. The molecule has 1 aliphatic heterocycles. The normalized spacial score (nSPS) is 27.8. The number of ether oxygens (including phenoxy) is 1. The Balaban J connectivity index is 0.000000491. The van der Waals surface area contributed by atoms with E-state index in [1.54, 1.807) is 0 Å². The third kappa shape index (κ3) is 4.13. The van der Waals surface area contributed by atoms with E-state index in [9.17, 15) is 15.0 Å². The maximum absolute atomic E-state index is 11.5. The summed E-state index contributed by atoms with van der Waals surface area (Å²) < 4.78 is 6.19. The molecule has 0 bridgehead atoms. The molecule has 0 spiro atoms. The smallest absolute Gasteiger partial charge is 0.351 e. The summed E-state index contributed by atoms with van der Waals surface area (Å²) in [6.45, 7) is -0.453. The second kappa shape index (κ2) is 6.99. The van der Waals surface area contributed by atoms with Gasteiger partial charge >= 0.3 is 5.69 Å². The van der Waals surface area contributed by atoms with Crippen LogP contribution in [0.3, 0.4) is 0 Å². The van der Waals surface area contributed by atoms with E-state index in [0.717, 1.165) is 4.57 Å². The summed E-state index contributed by atoms with van der Waals surface area (Å²) >= 11 is 0. The van der Waals surface area contributed by atoms with Crippen LogP contribution in [0, 0.1) is 5.41 Å². The third-order valence-corrected chi connectivity index (χ3v) is 2.64. The van der Waals surface area contributed by atoms with Crippen molar-refractivity contribution < 1.29 is 20.1 Å². The second-order valence-electron chi connectivity index (χ2n) is 4.23. The fraction of sp³-hybridized carbons (Fsp3) is 0.500. The Hall–Kier alpha value is -2.21. The summed E-state index contributed by atoms with van der Waals surface area (Å²) in [6, 6.07) is 1.37. The number of aliphatic hydroxyl groups excluding tert-OH is 3. The summed E-state index contributed by atoms with van der Waals surface area (Å²) in [5, 5.41) is 34.2. The molecule has 11 nitrogen and oxygen atoms in total. The highest BCUT2D eigenvalue weighted by Crippen LogP contribution is 2.27. The zero-order valence-electron chi connectivity index (χ0n) is 11.0. The fourth-order valence-corrected chi connectivity index (χ4v) is 1.73. The van der Waals surface area contributed by atoms with E-state index in [-0.39, 0.29) is 11.8 Å². The number of rotatable bonds is 2. The number of nitrogens with one attached hydrogen (secondary N) is 1. The molecule has 0 unspecified atom stereocenters. The number of hydrogen-bond donors (Lipinski definition) is 7. The number of aliphatic hydroxyl groups is 3. The standard InChI is InChI=1S/C9H13N3O5.CH5N3/c10-5-1-2-12(9(16)11-5)8-7(15)6(14)4(3-13)17-8;2-1(3)4/h1-2,4,6-8,13-15H,3H2,(H2,10,11,16);(H5,2,3,4)/t4-,6-,7-,8-;/m1./s1. The zero-order valence-corrected chi connectivity index (χ0v) is 11.0. The molecule has 1 aromatic heterocycles. The molecule has 0 aromatic carbocycles. The molecule has 0 radical (unpaired) electrons. The molecule has 2 rings (SSSR count). The van der Waals surface area contributed by atoms with Gasteiger partial charge in [0.25, 0.3) is 0 Å². The largest absolute Gasteiger partial charge is 0.394 e. The van der Waals surface area contributed by atoms with Gasteiger partial charge in [0.2, 0.25) is 0 Å². The van der Waals surface area contributed by atoms with Crippen LogP contribution in [-0.2, 0) is 4.74 Å². The predicted octanol–water partition coefficient (Wildman–Crippen LogP) is -3.72. The zero-order chi connectivity index (χ0) is 16.2. The minimum Gasteiger partial charge on any atom is -0.394 e. The van der Waals surface area contributed by atoms with E-state index in [4.69, 9.17) is 21.0 Å². The predicted molar refractivity (Wildman–Crippen MR) is 72.0 cm³/mol. The number of nitrogens with two attached hydrogens (primary N) is 3. The van der Waals surface area contributed by atoms with Crippen LogP contribution in [0.4, 0.5) is 5.82 Å². The van der Waals surface area contributed by atoms with Gasteiger partial charge in [-0.1, -0.05) is 0 Å². The van der Waals surface area contributed by atoms with E-state index in [2.05, 4.69) is 16.5 Å². The molecule has 1 aliphatic rings. The van der Waals surface area contributed by atoms with E-state index in [1.165, 1.54) is 12.3 Å². The van der Waals surface area contributed by atoms with Gasteiger partial charge in [-0.2, -0.15) is 4.98 Å². The molecule has 10 N–H and O–H groups in total. The lowest BCUT2D eigenvalue weighted by atomic mass is 10.1. The minimum absolute atomic E-state index is 0.0537. The van der Waals surface area contributed by atoms with Gasteiger partial charge in [0, 0.05) is 6.20 Å². The molecule has 118 valence electrons. The third-order valence-electron chi connectivity index (χ3n) is 2.64. The van der Waals surface area contributed by atoms with Crippen molar-refractivity contribution in [3.05, 3.63) is 22.7 Å². The molecular weight excluding hydrogens is 284 g/mol. The first-order valence-corrected chi connectivity index (χ1v) is 5.84. The molecule has 11 heteroatoms. The summed E-state index contributed by atoms with van der Waals surface area (Å²) in [6.07, 6.45) is -3.27. The molecule has 0 amide bonds. The van der Waals surface area contributed by atoms with Crippen LogP contribution in [-0.4, -0.2) is 55.7 Å².